The van der Waals surface area contributed by atoms with Gasteiger partial charge in [0.2, 0.25) is 0 Å². The van der Waals surface area contributed by atoms with Crippen LogP contribution in [-0.4, -0.2) is 18.2 Å². The third-order valence-corrected chi connectivity index (χ3v) is 3.41. The zero-order valence-electron chi connectivity index (χ0n) is 11.6. The highest BCUT2D eigenvalue weighted by molar-refractivity contribution is 5.88. The summed E-state index contributed by atoms with van der Waals surface area (Å²) in [5.41, 5.74) is 3.50. The smallest absolute Gasteiger partial charge is 0.277 e. The van der Waals surface area contributed by atoms with Crippen LogP contribution >= 0.6 is 0 Å². The van der Waals surface area contributed by atoms with E-state index in [1.165, 1.54) is 18.6 Å². The molecule has 1 unspecified atom stereocenters. The number of amides is 1. The van der Waals surface area contributed by atoms with Crippen LogP contribution in [0.5, 0.6) is 5.75 Å². The minimum Gasteiger partial charge on any atom is -0.481 e. The number of nitrogens with one attached hydrogen (secondary N) is 1. The molecule has 108 valence electrons. The Morgan fingerprint density at radius 2 is 2.25 bits per heavy atom. The molecule has 0 spiro atoms. The highest BCUT2D eigenvalue weighted by Crippen LogP contribution is 2.20. The van der Waals surface area contributed by atoms with Gasteiger partial charge in [0.05, 0.1) is 0 Å². The number of benzene rings is 1. The molecule has 0 aliphatic heterocycles. The maximum atomic E-state index is 13.3. The Morgan fingerprint density at radius 1 is 1.45 bits per heavy atom. The molecule has 0 heterocycles. The van der Waals surface area contributed by atoms with Crippen molar-refractivity contribution in [3.05, 3.63) is 30.1 Å². The Labute approximate surface area is 118 Å². The first-order valence-electron chi connectivity index (χ1n) is 6.89. The summed E-state index contributed by atoms with van der Waals surface area (Å²) in [7, 11) is 0. The van der Waals surface area contributed by atoms with Crippen molar-refractivity contribution in [3.8, 4) is 5.75 Å². The molecule has 1 fully saturated rings. The van der Waals surface area contributed by atoms with Gasteiger partial charge in [0, 0.05) is 5.71 Å². The van der Waals surface area contributed by atoms with Crippen molar-refractivity contribution in [2.24, 2.45) is 11.0 Å². The zero-order valence-corrected chi connectivity index (χ0v) is 11.6. The first-order chi connectivity index (χ1) is 9.66. The number of hydrogen-bond donors (Lipinski definition) is 1. The van der Waals surface area contributed by atoms with E-state index in [-0.39, 0.29) is 18.3 Å². The van der Waals surface area contributed by atoms with Crippen LogP contribution in [0.3, 0.4) is 0 Å². The lowest BCUT2D eigenvalue weighted by Crippen LogP contribution is -2.28. The highest BCUT2D eigenvalue weighted by Gasteiger charge is 2.16. The van der Waals surface area contributed by atoms with Gasteiger partial charge in [-0.15, -0.1) is 0 Å². The van der Waals surface area contributed by atoms with Gasteiger partial charge in [-0.3, -0.25) is 4.79 Å². The number of rotatable bonds is 4. The highest BCUT2D eigenvalue weighted by atomic mass is 19.1. The zero-order chi connectivity index (χ0) is 14.4. The number of nitrogens with zero attached hydrogens (tertiary/aromatic N) is 1. The Balaban J connectivity index is 1.81. The second kappa shape index (κ2) is 7.03. The summed E-state index contributed by atoms with van der Waals surface area (Å²) < 4.78 is 18.4. The van der Waals surface area contributed by atoms with E-state index in [4.69, 9.17) is 4.74 Å². The lowest BCUT2D eigenvalue weighted by molar-refractivity contribution is -0.123. The number of hydrogen-bond acceptors (Lipinski definition) is 3. The van der Waals surface area contributed by atoms with E-state index in [2.05, 4.69) is 17.5 Å². The average molecular weight is 278 g/mol. The van der Waals surface area contributed by atoms with Gasteiger partial charge in [-0.2, -0.15) is 5.10 Å². The summed E-state index contributed by atoms with van der Waals surface area (Å²) in [5, 5.41) is 4.14. The Bertz CT molecular complexity index is 502. The maximum Gasteiger partial charge on any atom is 0.277 e. The second-order valence-corrected chi connectivity index (χ2v) is 5.00. The van der Waals surface area contributed by atoms with Crippen molar-refractivity contribution in [3.63, 3.8) is 0 Å². The molecule has 1 aromatic carbocycles. The van der Waals surface area contributed by atoms with Crippen molar-refractivity contribution >= 4 is 11.6 Å². The van der Waals surface area contributed by atoms with Gasteiger partial charge in [0.1, 0.15) is 0 Å². The molecule has 0 aromatic heterocycles. The minimum atomic E-state index is -0.479. The Kier molecular flexibility index (Phi) is 5.09. The van der Waals surface area contributed by atoms with Gasteiger partial charge in [0.15, 0.2) is 18.2 Å². The molecule has 1 N–H and O–H groups in total. The van der Waals surface area contributed by atoms with Crippen LogP contribution in [-0.2, 0) is 4.79 Å². The van der Waals surface area contributed by atoms with Crippen molar-refractivity contribution in [2.75, 3.05) is 6.61 Å². The molecule has 1 aliphatic rings. The lowest BCUT2D eigenvalue weighted by Gasteiger charge is -2.19. The molecule has 1 saturated carbocycles. The van der Waals surface area contributed by atoms with Crippen LogP contribution in [0.15, 0.2) is 29.4 Å². The minimum absolute atomic E-state index is 0.0707. The van der Waals surface area contributed by atoms with Gasteiger partial charge in [0.25, 0.3) is 5.91 Å². The molecular formula is C15H19FN2O2. The Hall–Kier alpha value is -1.91. The van der Waals surface area contributed by atoms with Gasteiger partial charge in [-0.25, -0.2) is 9.82 Å². The number of carbonyl (C=O) groups excluding carboxylic acids is 1. The van der Waals surface area contributed by atoms with Gasteiger partial charge < -0.3 is 4.74 Å². The predicted octanol–water partition coefficient (Wildman–Crippen LogP) is 2.89. The molecule has 1 aromatic rings. The van der Waals surface area contributed by atoms with E-state index in [9.17, 15) is 9.18 Å². The topological polar surface area (TPSA) is 50.7 Å². The molecule has 4 nitrogen and oxygen atoms in total. The summed E-state index contributed by atoms with van der Waals surface area (Å²) >= 11 is 0. The molecule has 2 rings (SSSR count). The van der Waals surface area contributed by atoms with Crippen molar-refractivity contribution < 1.29 is 13.9 Å². The third kappa shape index (κ3) is 4.05. The van der Waals surface area contributed by atoms with E-state index in [0.717, 1.165) is 25.0 Å². The van der Waals surface area contributed by atoms with Crippen LogP contribution in [0.1, 0.15) is 32.6 Å². The number of halogens is 1. The van der Waals surface area contributed by atoms with Crippen LogP contribution in [0.25, 0.3) is 0 Å². The monoisotopic (exact) mass is 278 g/mol. The predicted molar refractivity (Wildman–Crippen MR) is 75.1 cm³/mol. The van der Waals surface area contributed by atoms with Gasteiger partial charge in [-0.1, -0.05) is 25.5 Å². The standard InChI is InChI=1S/C15H19FN2O2/c1-11-6-2-4-8-13(11)17-18-15(19)10-20-14-9-5-3-7-12(14)16/h3,5,7,9,11H,2,4,6,8,10H2,1H3,(H,18,19)/b17-13+. The largest absolute Gasteiger partial charge is 0.481 e. The van der Waals surface area contributed by atoms with Gasteiger partial charge >= 0.3 is 0 Å². The quantitative estimate of drug-likeness (QED) is 0.861. The van der Waals surface area contributed by atoms with Crippen molar-refractivity contribution in [1.29, 1.82) is 0 Å². The van der Waals surface area contributed by atoms with E-state index >= 15 is 0 Å². The summed E-state index contributed by atoms with van der Waals surface area (Å²) in [5.74, 6) is -0.371. The average Bonchev–Trinajstić information content (AvgIpc) is 2.45. The molecule has 0 bridgehead atoms. The number of ether oxygens (including phenoxy) is 1. The molecule has 5 heteroatoms. The van der Waals surface area contributed by atoms with Crippen molar-refractivity contribution in [2.45, 2.75) is 32.6 Å². The summed E-state index contributed by atoms with van der Waals surface area (Å²) in [6.45, 7) is 1.87. The molecule has 20 heavy (non-hydrogen) atoms. The lowest BCUT2D eigenvalue weighted by atomic mass is 9.89. The fraction of sp³-hybridized carbons (Fsp3) is 0.467. The van der Waals surface area contributed by atoms with Crippen LogP contribution in [0.2, 0.25) is 0 Å². The summed E-state index contributed by atoms with van der Waals surface area (Å²) in [6.07, 6.45) is 4.37. The Morgan fingerprint density at radius 3 is 3.00 bits per heavy atom. The summed E-state index contributed by atoms with van der Waals surface area (Å²) in [4.78, 5) is 11.6. The third-order valence-electron chi connectivity index (χ3n) is 3.41. The number of para-hydroxylation sites is 1. The molecule has 1 atom stereocenters. The van der Waals surface area contributed by atoms with Crippen LogP contribution in [0.4, 0.5) is 4.39 Å². The van der Waals surface area contributed by atoms with Gasteiger partial charge in [-0.05, 0) is 37.3 Å². The first-order valence-corrected chi connectivity index (χ1v) is 6.89. The SMILES string of the molecule is CC1CCCC/C1=N\NC(=O)COc1ccccc1F. The van der Waals surface area contributed by atoms with E-state index in [1.807, 2.05) is 0 Å². The first kappa shape index (κ1) is 14.5. The molecular weight excluding hydrogens is 259 g/mol. The number of hydrazone groups is 1. The fourth-order valence-corrected chi connectivity index (χ4v) is 2.21. The molecule has 1 aliphatic carbocycles. The van der Waals surface area contributed by atoms with Crippen LogP contribution < -0.4 is 10.2 Å². The molecule has 0 radical (unpaired) electrons. The number of carbonyl (C=O) groups is 1. The normalized spacial score (nSPS) is 20.7. The molecule has 0 saturated heterocycles. The van der Waals surface area contributed by atoms with E-state index in [1.54, 1.807) is 12.1 Å². The fourth-order valence-electron chi connectivity index (χ4n) is 2.21. The summed E-state index contributed by atoms with van der Waals surface area (Å²) in [6, 6.07) is 5.99. The van der Waals surface area contributed by atoms with Crippen molar-refractivity contribution in [1.82, 2.24) is 5.43 Å². The van der Waals surface area contributed by atoms with Crippen LogP contribution in [0, 0.1) is 11.7 Å². The molecule has 1 amide bonds. The van der Waals surface area contributed by atoms with E-state index in [0.29, 0.717) is 5.92 Å². The second-order valence-electron chi connectivity index (χ2n) is 5.00. The maximum absolute atomic E-state index is 13.3. The van der Waals surface area contributed by atoms with E-state index < -0.39 is 5.82 Å².